The van der Waals surface area contributed by atoms with Crippen molar-refractivity contribution in [3.63, 3.8) is 0 Å². The third-order valence-corrected chi connectivity index (χ3v) is 4.46. The molecule has 0 spiro atoms. The minimum Gasteiger partial charge on any atom is -0.466 e. The molecule has 1 aromatic carbocycles. The normalized spacial score (nSPS) is 10.6. The summed E-state index contributed by atoms with van der Waals surface area (Å²) in [5.41, 5.74) is 1.59. The van der Waals surface area contributed by atoms with E-state index in [-0.39, 0.29) is 17.2 Å². The van der Waals surface area contributed by atoms with Crippen LogP contribution < -0.4 is 5.32 Å². The Bertz CT molecular complexity index is 1030. The Labute approximate surface area is 168 Å². The Morgan fingerprint density at radius 2 is 1.97 bits per heavy atom. The van der Waals surface area contributed by atoms with Crippen LogP contribution in [0.3, 0.4) is 0 Å². The van der Waals surface area contributed by atoms with E-state index in [9.17, 15) is 14.0 Å². The molecule has 7 heteroatoms. The highest BCUT2D eigenvalue weighted by Gasteiger charge is 2.17. The largest absolute Gasteiger partial charge is 0.466 e. The van der Waals surface area contributed by atoms with E-state index in [2.05, 4.69) is 10.3 Å². The van der Waals surface area contributed by atoms with Gasteiger partial charge in [0, 0.05) is 43.2 Å². The van der Waals surface area contributed by atoms with Crippen molar-refractivity contribution in [3.8, 4) is 0 Å². The number of amides is 2. The number of furan rings is 1. The van der Waals surface area contributed by atoms with Gasteiger partial charge in [0.2, 0.25) is 0 Å². The molecular weight excluding hydrogens is 373 g/mol. The van der Waals surface area contributed by atoms with Crippen LogP contribution in [-0.2, 0) is 6.42 Å². The second-order valence-electron chi connectivity index (χ2n) is 6.81. The number of benzene rings is 1. The highest BCUT2D eigenvalue weighted by molar-refractivity contribution is 6.05. The van der Waals surface area contributed by atoms with Gasteiger partial charge in [0.05, 0.1) is 5.56 Å². The van der Waals surface area contributed by atoms with Gasteiger partial charge in [0.15, 0.2) is 0 Å². The number of halogens is 1. The Balaban J connectivity index is 1.71. The van der Waals surface area contributed by atoms with Gasteiger partial charge in [-0.2, -0.15) is 0 Å². The topological polar surface area (TPSA) is 75.4 Å². The van der Waals surface area contributed by atoms with E-state index in [1.807, 2.05) is 18.2 Å². The van der Waals surface area contributed by atoms with Crippen LogP contribution in [0, 0.1) is 19.7 Å². The van der Waals surface area contributed by atoms with E-state index in [0.717, 1.165) is 11.8 Å². The number of nitrogens with zero attached hydrogens (tertiary/aromatic N) is 2. The number of anilines is 1. The van der Waals surface area contributed by atoms with E-state index in [1.165, 1.54) is 17.0 Å². The van der Waals surface area contributed by atoms with Crippen molar-refractivity contribution < 1.29 is 18.4 Å². The number of pyridine rings is 1. The van der Waals surface area contributed by atoms with Crippen LogP contribution in [0.2, 0.25) is 0 Å². The second-order valence-corrected chi connectivity index (χ2v) is 6.81. The molecule has 0 unspecified atom stereocenters. The lowest BCUT2D eigenvalue weighted by Crippen LogP contribution is -2.29. The number of aromatic nitrogens is 1. The molecule has 0 aliphatic heterocycles. The van der Waals surface area contributed by atoms with Crippen molar-refractivity contribution in [2.45, 2.75) is 20.3 Å². The third kappa shape index (κ3) is 5.07. The molecular formula is C22H22FN3O3. The average Bonchev–Trinajstić information content (AvgIpc) is 3.04. The lowest BCUT2D eigenvalue weighted by atomic mass is 10.1. The molecule has 6 nitrogen and oxygen atoms in total. The summed E-state index contributed by atoms with van der Waals surface area (Å²) in [4.78, 5) is 30.9. The molecule has 3 aromatic rings. The molecule has 0 saturated carbocycles. The van der Waals surface area contributed by atoms with Crippen LogP contribution in [-0.4, -0.2) is 35.3 Å². The summed E-state index contributed by atoms with van der Waals surface area (Å²) in [6, 6.07) is 11.0. The molecule has 2 amide bonds. The van der Waals surface area contributed by atoms with E-state index >= 15 is 0 Å². The Hall–Kier alpha value is -3.48. The van der Waals surface area contributed by atoms with E-state index in [1.54, 1.807) is 33.2 Å². The van der Waals surface area contributed by atoms with Crippen molar-refractivity contribution in [1.82, 2.24) is 9.88 Å². The maximum absolute atomic E-state index is 14.1. The zero-order valence-corrected chi connectivity index (χ0v) is 16.5. The number of carbonyl (C=O) groups is 2. The summed E-state index contributed by atoms with van der Waals surface area (Å²) in [6.45, 7) is 3.85. The van der Waals surface area contributed by atoms with Gasteiger partial charge in [-0.1, -0.05) is 6.07 Å². The molecule has 0 fully saturated rings. The Morgan fingerprint density at radius 1 is 1.17 bits per heavy atom. The zero-order chi connectivity index (χ0) is 21.0. The van der Waals surface area contributed by atoms with Crippen molar-refractivity contribution in [1.29, 1.82) is 0 Å². The van der Waals surface area contributed by atoms with E-state index < -0.39 is 11.7 Å². The smallest absolute Gasteiger partial charge is 0.259 e. The van der Waals surface area contributed by atoms with Gasteiger partial charge >= 0.3 is 0 Å². The fraction of sp³-hybridized carbons (Fsp3) is 0.227. The number of rotatable bonds is 6. The maximum Gasteiger partial charge on any atom is 0.259 e. The minimum absolute atomic E-state index is 0.156. The fourth-order valence-electron chi connectivity index (χ4n) is 2.99. The van der Waals surface area contributed by atoms with Crippen LogP contribution in [0.4, 0.5) is 10.1 Å². The SMILES string of the molecule is Cc1cc(C(=O)Nc2cc(F)cc(C(=O)N(C)CCc3ccccn3)c2)c(C)o1. The molecule has 0 aliphatic rings. The molecule has 0 bridgehead atoms. The average molecular weight is 395 g/mol. The number of hydrogen-bond donors (Lipinski definition) is 1. The predicted octanol–water partition coefficient (Wildman–Crippen LogP) is 4.00. The first-order valence-corrected chi connectivity index (χ1v) is 9.18. The van der Waals surface area contributed by atoms with Gasteiger partial charge < -0.3 is 14.6 Å². The molecule has 0 aliphatic carbocycles. The number of likely N-dealkylation sites (N-methyl/N-ethyl adjacent to an activating group) is 1. The second kappa shape index (κ2) is 8.68. The molecule has 150 valence electrons. The Kier molecular flexibility index (Phi) is 6.07. The summed E-state index contributed by atoms with van der Waals surface area (Å²) in [5.74, 6) is -0.290. The summed E-state index contributed by atoms with van der Waals surface area (Å²) < 4.78 is 19.4. The third-order valence-electron chi connectivity index (χ3n) is 4.46. The first kappa shape index (κ1) is 20.3. The fourth-order valence-corrected chi connectivity index (χ4v) is 2.99. The quantitative estimate of drug-likeness (QED) is 0.685. The Morgan fingerprint density at radius 3 is 2.62 bits per heavy atom. The molecule has 3 rings (SSSR count). The molecule has 0 radical (unpaired) electrons. The first-order valence-electron chi connectivity index (χ1n) is 9.18. The van der Waals surface area contributed by atoms with Crippen LogP contribution in [0.5, 0.6) is 0 Å². The predicted molar refractivity (Wildman–Crippen MR) is 107 cm³/mol. The van der Waals surface area contributed by atoms with Crippen molar-refractivity contribution >= 4 is 17.5 Å². The van der Waals surface area contributed by atoms with Crippen molar-refractivity contribution in [2.24, 2.45) is 0 Å². The molecule has 29 heavy (non-hydrogen) atoms. The van der Waals surface area contributed by atoms with Crippen LogP contribution in [0.1, 0.15) is 37.9 Å². The molecule has 0 saturated heterocycles. The summed E-state index contributed by atoms with van der Waals surface area (Å²) in [6.07, 6.45) is 2.28. The van der Waals surface area contributed by atoms with Crippen molar-refractivity contribution in [3.05, 3.63) is 82.8 Å². The van der Waals surface area contributed by atoms with Crippen LogP contribution in [0.15, 0.2) is 53.1 Å². The standard InChI is InChI=1S/C22H22FN3O3/c1-14-10-20(15(2)29-14)21(27)25-19-12-16(11-17(23)13-19)22(28)26(3)9-7-18-6-4-5-8-24-18/h4-6,8,10-13H,7,9H2,1-3H3,(H,25,27). The number of hydrogen-bond acceptors (Lipinski definition) is 4. The number of aryl methyl sites for hydroxylation is 2. The van der Waals surface area contributed by atoms with E-state index in [4.69, 9.17) is 4.42 Å². The van der Waals surface area contributed by atoms with Crippen molar-refractivity contribution in [2.75, 3.05) is 18.9 Å². The lowest BCUT2D eigenvalue weighted by Gasteiger charge is -2.17. The molecule has 2 heterocycles. The molecule has 1 N–H and O–H groups in total. The summed E-state index contributed by atoms with van der Waals surface area (Å²) in [5, 5.41) is 2.63. The molecule has 2 aromatic heterocycles. The minimum atomic E-state index is -0.607. The monoisotopic (exact) mass is 395 g/mol. The van der Waals surface area contributed by atoms with Gasteiger partial charge in [-0.05, 0) is 50.2 Å². The van der Waals surface area contributed by atoms with Gasteiger partial charge in [-0.25, -0.2) is 4.39 Å². The zero-order valence-electron chi connectivity index (χ0n) is 16.5. The van der Waals surface area contributed by atoms with Gasteiger partial charge in [0.1, 0.15) is 17.3 Å². The van der Waals surface area contributed by atoms with Gasteiger partial charge in [-0.15, -0.1) is 0 Å². The number of nitrogens with one attached hydrogen (secondary N) is 1. The number of carbonyl (C=O) groups excluding carboxylic acids is 2. The van der Waals surface area contributed by atoms with Crippen LogP contribution >= 0.6 is 0 Å². The molecule has 0 atom stereocenters. The maximum atomic E-state index is 14.1. The van der Waals surface area contributed by atoms with E-state index in [0.29, 0.717) is 30.0 Å². The lowest BCUT2D eigenvalue weighted by molar-refractivity contribution is 0.0795. The first-order chi connectivity index (χ1) is 13.8. The van der Waals surface area contributed by atoms with Crippen LogP contribution in [0.25, 0.3) is 0 Å². The van der Waals surface area contributed by atoms with Gasteiger partial charge in [-0.3, -0.25) is 14.6 Å². The highest BCUT2D eigenvalue weighted by Crippen LogP contribution is 2.19. The van der Waals surface area contributed by atoms with Gasteiger partial charge in [0.25, 0.3) is 11.8 Å². The summed E-state index contributed by atoms with van der Waals surface area (Å²) in [7, 11) is 1.64. The highest BCUT2D eigenvalue weighted by atomic mass is 19.1. The summed E-state index contributed by atoms with van der Waals surface area (Å²) >= 11 is 0.